The van der Waals surface area contributed by atoms with Gasteiger partial charge in [0.2, 0.25) is 0 Å². The number of fused-ring (bicyclic) bond motifs is 1. The van der Waals surface area contributed by atoms with E-state index in [1.54, 1.807) is 17.6 Å². The molecule has 1 fully saturated rings. The maximum atomic E-state index is 13.1. The fraction of sp³-hybridized carbons (Fsp3) is 0.364. The molecule has 0 spiro atoms. The van der Waals surface area contributed by atoms with Gasteiger partial charge in [0.05, 0.1) is 18.5 Å². The van der Waals surface area contributed by atoms with Crippen molar-refractivity contribution in [1.82, 2.24) is 19.9 Å². The van der Waals surface area contributed by atoms with Gasteiger partial charge < -0.3 is 10.1 Å². The normalized spacial score (nSPS) is 15.8. The molecule has 1 aliphatic carbocycles. The maximum absolute atomic E-state index is 13.1. The fourth-order valence-corrected chi connectivity index (χ4v) is 3.97. The Bertz CT molecular complexity index is 1020. The minimum absolute atomic E-state index is 0.287. The number of nitrogens with one attached hydrogen (secondary N) is 1. The third kappa shape index (κ3) is 3.60. The second kappa shape index (κ2) is 8.03. The summed E-state index contributed by atoms with van der Waals surface area (Å²) in [5, 5.41) is 7.35. The highest BCUT2D eigenvalue weighted by Crippen LogP contribution is 2.30. The lowest BCUT2D eigenvalue weighted by molar-refractivity contribution is -0.152. The third-order valence-electron chi connectivity index (χ3n) is 5.44. The molecule has 1 aromatic carbocycles. The lowest BCUT2D eigenvalue weighted by Gasteiger charge is -2.35. The smallest absolute Gasteiger partial charge is 0.331 e. The van der Waals surface area contributed by atoms with Gasteiger partial charge in [-0.1, -0.05) is 49.6 Å². The average Bonchev–Trinajstić information content (AvgIpc) is 3.19. The van der Waals surface area contributed by atoms with Crippen LogP contribution >= 0.6 is 0 Å². The first-order valence-electron chi connectivity index (χ1n) is 10.0. The number of ether oxygens (including phenoxy) is 1. The van der Waals surface area contributed by atoms with Crippen LogP contribution < -0.4 is 5.32 Å². The van der Waals surface area contributed by atoms with Gasteiger partial charge in [-0.15, -0.1) is 0 Å². The summed E-state index contributed by atoms with van der Waals surface area (Å²) in [6.07, 6.45) is 7.15. The SMILES string of the molecule is CCOC(=O)C1(NC(=O)c2cnn3c(-c4ccccc4)ccnc23)CCCCC1. The predicted molar refractivity (Wildman–Crippen MR) is 108 cm³/mol. The fourth-order valence-electron chi connectivity index (χ4n) is 3.97. The van der Waals surface area contributed by atoms with Crippen LogP contribution in [0.3, 0.4) is 0 Å². The maximum Gasteiger partial charge on any atom is 0.331 e. The van der Waals surface area contributed by atoms with Gasteiger partial charge in [-0.25, -0.2) is 14.3 Å². The zero-order valence-electron chi connectivity index (χ0n) is 16.4. The number of hydrogen-bond acceptors (Lipinski definition) is 5. The topological polar surface area (TPSA) is 85.6 Å². The van der Waals surface area contributed by atoms with E-state index in [0.717, 1.165) is 30.5 Å². The van der Waals surface area contributed by atoms with Gasteiger partial charge in [-0.2, -0.15) is 5.10 Å². The second-order valence-electron chi connectivity index (χ2n) is 7.31. The number of hydrogen-bond donors (Lipinski definition) is 1. The van der Waals surface area contributed by atoms with Crippen molar-refractivity contribution in [3.63, 3.8) is 0 Å². The minimum atomic E-state index is -0.976. The quantitative estimate of drug-likeness (QED) is 0.673. The van der Waals surface area contributed by atoms with E-state index >= 15 is 0 Å². The van der Waals surface area contributed by atoms with Gasteiger partial charge in [0.1, 0.15) is 11.1 Å². The van der Waals surface area contributed by atoms with Crippen LogP contribution in [0.2, 0.25) is 0 Å². The minimum Gasteiger partial charge on any atom is -0.464 e. The number of aromatic nitrogens is 3. The number of amides is 1. The van der Waals surface area contributed by atoms with Crippen molar-refractivity contribution < 1.29 is 14.3 Å². The van der Waals surface area contributed by atoms with Crippen LogP contribution in [-0.2, 0) is 9.53 Å². The number of benzene rings is 1. The van der Waals surface area contributed by atoms with Crippen LogP contribution in [0.5, 0.6) is 0 Å². The Labute approximate surface area is 169 Å². The van der Waals surface area contributed by atoms with Gasteiger partial charge in [0, 0.05) is 11.8 Å². The third-order valence-corrected chi connectivity index (χ3v) is 5.44. The number of carbonyl (C=O) groups is 2. The highest BCUT2D eigenvalue weighted by molar-refractivity contribution is 6.02. The van der Waals surface area contributed by atoms with Crippen LogP contribution in [0.4, 0.5) is 0 Å². The number of nitrogens with zero attached hydrogens (tertiary/aromatic N) is 3. The zero-order chi connectivity index (χ0) is 20.3. The number of esters is 1. The molecule has 1 N–H and O–H groups in total. The summed E-state index contributed by atoms with van der Waals surface area (Å²) >= 11 is 0. The molecule has 1 saturated carbocycles. The summed E-state index contributed by atoms with van der Waals surface area (Å²) in [5.74, 6) is -0.713. The highest BCUT2D eigenvalue weighted by atomic mass is 16.5. The molecule has 0 bridgehead atoms. The molecule has 7 nitrogen and oxygen atoms in total. The lowest BCUT2D eigenvalue weighted by atomic mass is 9.81. The molecule has 0 radical (unpaired) electrons. The first kappa shape index (κ1) is 19.1. The van der Waals surface area contributed by atoms with E-state index < -0.39 is 5.54 Å². The summed E-state index contributed by atoms with van der Waals surface area (Å²) in [6, 6.07) is 11.7. The molecule has 1 amide bonds. The van der Waals surface area contributed by atoms with Crippen molar-refractivity contribution in [2.45, 2.75) is 44.6 Å². The summed E-state index contributed by atoms with van der Waals surface area (Å²) in [6.45, 7) is 2.06. The molecule has 150 valence electrons. The molecule has 29 heavy (non-hydrogen) atoms. The largest absolute Gasteiger partial charge is 0.464 e. The summed E-state index contributed by atoms with van der Waals surface area (Å²) < 4.78 is 6.93. The summed E-state index contributed by atoms with van der Waals surface area (Å²) in [4.78, 5) is 30.2. The van der Waals surface area contributed by atoms with E-state index in [1.807, 2.05) is 36.4 Å². The Hall–Kier alpha value is -3.22. The summed E-state index contributed by atoms with van der Waals surface area (Å²) in [5.41, 5.74) is 1.64. The number of carbonyl (C=O) groups excluding carboxylic acids is 2. The molecule has 2 aromatic heterocycles. The summed E-state index contributed by atoms with van der Waals surface area (Å²) in [7, 11) is 0. The Morgan fingerprint density at radius 3 is 2.62 bits per heavy atom. The molecule has 1 aliphatic rings. The van der Waals surface area contributed by atoms with Gasteiger partial charge >= 0.3 is 5.97 Å². The van der Waals surface area contributed by atoms with Crippen molar-refractivity contribution in [1.29, 1.82) is 0 Å². The monoisotopic (exact) mass is 392 g/mol. The van der Waals surface area contributed by atoms with Gasteiger partial charge in [-0.05, 0) is 25.8 Å². The van der Waals surface area contributed by atoms with Crippen LogP contribution in [0.15, 0.2) is 48.8 Å². The second-order valence-corrected chi connectivity index (χ2v) is 7.31. The molecule has 7 heteroatoms. The molecule has 4 rings (SSSR count). The van der Waals surface area contributed by atoms with Crippen LogP contribution in [0.25, 0.3) is 16.9 Å². The van der Waals surface area contributed by atoms with Crippen LogP contribution in [-0.4, -0.2) is 38.6 Å². The first-order valence-corrected chi connectivity index (χ1v) is 10.0. The molecule has 2 heterocycles. The van der Waals surface area contributed by atoms with Gasteiger partial charge in [0.15, 0.2) is 5.65 Å². The molecule has 3 aromatic rings. The Morgan fingerprint density at radius 1 is 1.14 bits per heavy atom. The molecule has 0 atom stereocenters. The highest BCUT2D eigenvalue weighted by Gasteiger charge is 2.42. The predicted octanol–water partition coefficient (Wildman–Crippen LogP) is 3.39. The van der Waals surface area contributed by atoms with E-state index in [-0.39, 0.29) is 18.5 Å². The van der Waals surface area contributed by atoms with E-state index in [1.165, 1.54) is 6.20 Å². The van der Waals surface area contributed by atoms with E-state index in [2.05, 4.69) is 15.4 Å². The Morgan fingerprint density at radius 2 is 1.90 bits per heavy atom. The van der Waals surface area contributed by atoms with Crippen LogP contribution in [0, 0.1) is 0 Å². The van der Waals surface area contributed by atoms with Crippen molar-refractivity contribution in [2.24, 2.45) is 0 Å². The van der Waals surface area contributed by atoms with Crippen molar-refractivity contribution in [2.75, 3.05) is 6.61 Å². The molecular weight excluding hydrogens is 368 g/mol. The first-order chi connectivity index (χ1) is 14.1. The van der Waals surface area contributed by atoms with E-state index in [9.17, 15) is 9.59 Å². The average molecular weight is 392 g/mol. The molecule has 0 saturated heterocycles. The van der Waals surface area contributed by atoms with Crippen LogP contribution in [0.1, 0.15) is 49.4 Å². The van der Waals surface area contributed by atoms with Gasteiger partial charge in [-0.3, -0.25) is 4.79 Å². The molecular formula is C22H24N4O3. The van der Waals surface area contributed by atoms with Crippen molar-refractivity contribution >= 4 is 17.5 Å². The lowest BCUT2D eigenvalue weighted by Crippen LogP contribution is -2.56. The Balaban J connectivity index is 1.68. The molecule has 0 aliphatic heterocycles. The Kier molecular flexibility index (Phi) is 5.29. The standard InChI is InChI=1S/C22H24N4O3/c1-2-29-21(28)22(12-7-4-8-13-22)25-20(27)17-15-24-26-18(11-14-23-19(17)26)16-9-5-3-6-10-16/h3,5-6,9-11,14-15H,2,4,7-8,12-13H2,1H3,(H,25,27). The van der Waals surface area contributed by atoms with E-state index in [0.29, 0.717) is 24.1 Å². The number of rotatable bonds is 5. The zero-order valence-corrected chi connectivity index (χ0v) is 16.4. The molecule has 0 unspecified atom stereocenters. The van der Waals surface area contributed by atoms with Crippen molar-refractivity contribution in [3.8, 4) is 11.3 Å². The van der Waals surface area contributed by atoms with Crippen molar-refractivity contribution in [3.05, 3.63) is 54.4 Å². The van der Waals surface area contributed by atoms with Gasteiger partial charge in [0.25, 0.3) is 5.91 Å². The van der Waals surface area contributed by atoms with E-state index in [4.69, 9.17) is 4.74 Å².